The fourth-order valence-electron chi connectivity index (χ4n) is 5.79. The van der Waals surface area contributed by atoms with Crippen LogP contribution in [0.5, 0.6) is 11.5 Å². The lowest BCUT2D eigenvalue weighted by atomic mass is 9.84. The lowest BCUT2D eigenvalue weighted by Crippen LogP contribution is -2.49. The van der Waals surface area contributed by atoms with E-state index in [1.54, 1.807) is 11.0 Å². The monoisotopic (exact) mass is 601 g/mol. The molecule has 3 amide bonds. The van der Waals surface area contributed by atoms with Gasteiger partial charge in [-0.15, -0.1) is 0 Å². The van der Waals surface area contributed by atoms with E-state index in [4.69, 9.17) is 18.9 Å². The molecule has 0 radical (unpaired) electrons. The molecule has 0 spiro atoms. The smallest absolute Gasteiger partial charge is 0.410 e. The molecule has 2 heterocycles. The van der Waals surface area contributed by atoms with Crippen LogP contribution in [0.1, 0.15) is 61.4 Å². The quantitative estimate of drug-likeness (QED) is 0.310. The molecule has 0 aliphatic carbocycles. The van der Waals surface area contributed by atoms with Gasteiger partial charge in [-0.3, -0.25) is 9.69 Å². The van der Waals surface area contributed by atoms with Gasteiger partial charge in [0, 0.05) is 6.54 Å². The Morgan fingerprint density at radius 3 is 2.36 bits per heavy atom. The Kier molecular flexibility index (Phi) is 10.2. The first-order chi connectivity index (χ1) is 21.5. The van der Waals surface area contributed by atoms with Crippen molar-refractivity contribution in [3.05, 3.63) is 95.6 Å². The molecule has 2 aliphatic heterocycles. The summed E-state index contributed by atoms with van der Waals surface area (Å²) in [4.78, 5) is 42.8. The number of fused-ring (bicyclic) bond motifs is 1. The number of benzene rings is 3. The van der Waals surface area contributed by atoms with Crippen LogP contribution < -0.4 is 20.1 Å². The molecule has 0 saturated carbocycles. The lowest BCUT2D eigenvalue weighted by Gasteiger charge is -2.38. The second kappa shape index (κ2) is 14.6. The number of carbonyl (C=O) groups is 3. The maximum Gasteiger partial charge on any atom is 0.410 e. The van der Waals surface area contributed by atoms with Gasteiger partial charge in [0.25, 0.3) is 0 Å². The second-order valence-electron chi connectivity index (χ2n) is 11.0. The number of nitrogens with one attached hydrogen (secondary N) is 2. The minimum absolute atomic E-state index is 0.0172. The number of hydrogen-bond acceptors (Lipinski definition) is 7. The number of ether oxygens (including phenoxy) is 4. The van der Waals surface area contributed by atoms with Crippen molar-refractivity contribution in [1.82, 2.24) is 15.5 Å². The molecule has 10 heteroatoms. The molecule has 2 unspecified atom stereocenters. The van der Waals surface area contributed by atoms with Crippen molar-refractivity contribution in [2.24, 2.45) is 5.92 Å². The first-order valence-corrected chi connectivity index (χ1v) is 15.0. The maximum absolute atomic E-state index is 14.0. The molecule has 1 saturated heterocycles. The number of amides is 3. The number of cyclic esters (lactones) is 1. The minimum atomic E-state index is -0.885. The Hall–Kier alpha value is -4.73. The summed E-state index contributed by atoms with van der Waals surface area (Å²) < 4.78 is 22.4. The van der Waals surface area contributed by atoms with Crippen LogP contribution in [0.15, 0.2) is 78.9 Å². The van der Waals surface area contributed by atoms with Gasteiger partial charge < -0.3 is 29.6 Å². The van der Waals surface area contributed by atoms with E-state index in [-0.39, 0.29) is 26.4 Å². The third-order valence-corrected chi connectivity index (χ3v) is 8.04. The van der Waals surface area contributed by atoms with Crippen LogP contribution in [0.3, 0.4) is 0 Å². The number of carbonyl (C=O) groups excluding carboxylic acids is 3. The summed E-state index contributed by atoms with van der Waals surface area (Å²) in [7, 11) is 1.33. The molecule has 0 aromatic heterocycles. The normalized spacial score (nSPS) is 22.1. The Morgan fingerprint density at radius 2 is 1.64 bits per heavy atom. The van der Waals surface area contributed by atoms with Gasteiger partial charge in [0.1, 0.15) is 6.61 Å². The van der Waals surface area contributed by atoms with Crippen molar-refractivity contribution >= 4 is 18.1 Å². The summed E-state index contributed by atoms with van der Waals surface area (Å²) in [5.74, 6) is -0.241. The number of methoxy groups -OCH3 is 1. The number of rotatable bonds is 8. The van der Waals surface area contributed by atoms with Crippen LogP contribution in [-0.4, -0.2) is 49.5 Å². The van der Waals surface area contributed by atoms with E-state index in [1.165, 1.54) is 7.11 Å². The molecule has 2 aliphatic rings. The topological polar surface area (TPSA) is 115 Å². The summed E-state index contributed by atoms with van der Waals surface area (Å²) in [6.45, 7) is 2.35. The molecule has 0 bridgehead atoms. The van der Waals surface area contributed by atoms with Crippen LogP contribution in [0, 0.1) is 5.92 Å². The largest absolute Gasteiger partial charge is 0.469 e. The fourth-order valence-corrected chi connectivity index (χ4v) is 5.79. The predicted octanol–water partition coefficient (Wildman–Crippen LogP) is 5.89. The van der Waals surface area contributed by atoms with Gasteiger partial charge in [-0.1, -0.05) is 86.5 Å². The third kappa shape index (κ3) is 7.42. The zero-order valence-electron chi connectivity index (χ0n) is 25.1. The van der Waals surface area contributed by atoms with Crippen LogP contribution in [0.25, 0.3) is 0 Å². The summed E-state index contributed by atoms with van der Waals surface area (Å²) in [6, 6.07) is 22.2. The molecular formula is C34H39N3O7. The van der Waals surface area contributed by atoms with Gasteiger partial charge in [-0.2, -0.15) is 0 Å². The Morgan fingerprint density at radius 1 is 0.909 bits per heavy atom. The molecular weight excluding hydrogens is 562 g/mol. The SMILES string of the molecule is CCCC[C@H]1COC(=O)N(Cc2ccccc2)C(c2ccccc2)C(C(=O)OC)C[C@@H](c2ccc3c(c2)OCO3)NC(=O)N1. The van der Waals surface area contributed by atoms with E-state index in [2.05, 4.69) is 17.6 Å². The average molecular weight is 602 g/mol. The van der Waals surface area contributed by atoms with Crippen LogP contribution in [0.4, 0.5) is 9.59 Å². The molecule has 1 fully saturated rings. The van der Waals surface area contributed by atoms with Gasteiger partial charge >= 0.3 is 18.1 Å². The third-order valence-electron chi connectivity index (χ3n) is 8.04. The Bertz CT molecular complexity index is 1420. The summed E-state index contributed by atoms with van der Waals surface area (Å²) >= 11 is 0. The van der Waals surface area contributed by atoms with E-state index in [0.717, 1.165) is 29.5 Å². The van der Waals surface area contributed by atoms with E-state index < -0.39 is 42.1 Å². The van der Waals surface area contributed by atoms with Gasteiger partial charge in [0.2, 0.25) is 6.79 Å². The van der Waals surface area contributed by atoms with Crippen molar-refractivity contribution in [2.75, 3.05) is 20.5 Å². The highest BCUT2D eigenvalue weighted by Gasteiger charge is 2.41. The highest BCUT2D eigenvalue weighted by Crippen LogP contribution is 2.40. The van der Waals surface area contributed by atoms with Gasteiger partial charge in [0.05, 0.1) is 31.2 Å². The highest BCUT2D eigenvalue weighted by molar-refractivity contribution is 5.77. The molecule has 3 aromatic rings. The molecule has 4 atom stereocenters. The zero-order valence-corrected chi connectivity index (χ0v) is 25.1. The second-order valence-corrected chi connectivity index (χ2v) is 11.0. The van der Waals surface area contributed by atoms with Crippen molar-refractivity contribution in [3.63, 3.8) is 0 Å². The number of urea groups is 1. The molecule has 5 rings (SSSR count). The highest BCUT2D eigenvalue weighted by atomic mass is 16.7. The van der Waals surface area contributed by atoms with Gasteiger partial charge in [-0.25, -0.2) is 9.59 Å². The maximum atomic E-state index is 14.0. The molecule has 232 valence electrons. The van der Waals surface area contributed by atoms with E-state index in [0.29, 0.717) is 17.9 Å². The first kappa shape index (κ1) is 30.7. The first-order valence-electron chi connectivity index (χ1n) is 15.0. The van der Waals surface area contributed by atoms with Gasteiger partial charge in [0.15, 0.2) is 11.5 Å². The number of unbranched alkanes of at least 4 members (excludes halogenated alkanes) is 1. The summed E-state index contributed by atoms with van der Waals surface area (Å²) in [5.41, 5.74) is 2.34. The lowest BCUT2D eigenvalue weighted by molar-refractivity contribution is -0.148. The van der Waals surface area contributed by atoms with E-state index >= 15 is 0 Å². The van der Waals surface area contributed by atoms with Crippen LogP contribution in [0.2, 0.25) is 0 Å². The van der Waals surface area contributed by atoms with Crippen molar-refractivity contribution in [3.8, 4) is 11.5 Å². The predicted molar refractivity (Wildman–Crippen MR) is 163 cm³/mol. The number of nitrogens with zero attached hydrogens (tertiary/aromatic N) is 1. The number of esters is 1. The Labute approximate surface area is 257 Å². The minimum Gasteiger partial charge on any atom is -0.469 e. The fraction of sp³-hybridized carbons (Fsp3) is 0.382. The molecule has 10 nitrogen and oxygen atoms in total. The van der Waals surface area contributed by atoms with Crippen molar-refractivity contribution < 1.29 is 33.3 Å². The number of hydrogen-bond donors (Lipinski definition) is 2. The van der Waals surface area contributed by atoms with Crippen molar-refractivity contribution in [2.45, 2.75) is 57.3 Å². The molecule has 3 aromatic carbocycles. The van der Waals surface area contributed by atoms with Crippen LogP contribution in [-0.2, 0) is 20.8 Å². The average Bonchev–Trinajstić information content (AvgIpc) is 3.53. The van der Waals surface area contributed by atoms with Crippen molar-refractivity contribution in [1.29, 1.82) is 0 Å². The standard InChI is InChI=1S/C34H39N3O7/c1-3-4-15-26-21-42-34(40)37(20-23-11-7-5-8-12-23)31(24-13-9-6-10-14-24)27(32(38)41-2)19-28(36-33(39)35-26)25-16-17-29-30(18-25)44-22-43-29/h5-14,16-18,26-28,31H,3-4,15,19-22H2,1-2H3,(H2,35,36,39)/t26-,27?,28-,31?/m0/s1. The van der Waals surface area contributed by atoms with Gasteiger partial charge in [-0.05, 0) is 41.7 Å². The zero-order chi connectivity index (χ0) is 30.9. The van der Waals surface area contributed by atoms with E-state index in [9.17, 15) is 14.4 Å². The summed E-state index contributed by atoms with van der Waals surface area (Å²) in [5, 5.41) is 6.08. The molecule has 2 N–H and O–H groups in total. The summed E-state index contributed by atoms with van der Waals surface area (Å²) in [6.07, 6.45) is 1.94. The Balaban J connectivity index is 1.62. The molecule has 44 heavy (non-hydrogen) atoms. The van der Waals surface area contributed by atoms with E-state index in [1.807, 2.05) is 72.8 Å². The van der Waals surface area contributed by atoms with Crippen LogP contribution >= 0.6 is 0 Å².